The first-order chi connectivity index (χ1) is 11.9. The van der Waals surface area contributed by atoms with Gasteiger partial charge in [0, 0.05) is 16.4 Å². The third kappa shape index (κ3) is 3.80. The lowest BCUT2D eigenvalue weighted by Crippen LogP contribution is -2.45. The van der Waals surface area contributed by atoms with Gasteiger partial charge in [-0.2, -0.15) is 0 Å². The molecule has 0 unspecified atom stereocenters. The van der Waals surface area contributed by atoms with E-state index in [9.17, 15) is 14.0 Å². The summed E-state index contributed by atoms with van der Waals surface area (Å²) in [7, 11) is 0. The van der Waals surface area contributed by atoms with Gasteiger partial charge in [-0.1, -0.05) is 29.8 Å². The second-order valence-corrected chi connectivity index (χ2v) is 6.02. The SMILES string of the molecule is CC1=C(C(=O)Nc2cccc(Cl)c2)[C@@H](c2ccc(F)cc2)NC(=O)N1. The predicted molar refractivity (Wildman–Crippen MR) is 93.6 cm³/mol. The average Bonchev–Trinajstić information content (AvgIpc) is 2.54. The van der Waals surface area contributed by atoms with Crippen LogP contribution in [0.5, 0.6) is 0 Å². The van der Waals surface area contributed by atoms with Crippen molar-refractivity contribution in [3.63, 3.8) is 0 Å². The molecule has 0 bridgehead atoms. The summed E-state index contributed by atoms with van der Waals surface area (Å²) in [4.78, 5) is 24.6. The molecular formula is C18H15ClFN3O2. The Morgan fingerprint density at radius 3 is 2.60 bits per heavy atom. The Balaban J connectivity index is 1.94. The minimum absolute atomic E-state index is 0.339. The Bertz CT molecular complexity index is 865. The van der Waals surface area contributed by atoms with Crippen molar-refractivity contribution in [3.8, 4) is 0 Å². The third-order valence-corrected chi connectivity index (χ3v) is 4.03. The van der Waals surface area contributed by atoms with E-state index >= 15 is 0 Å². The minimum Gasteiger partial charge on any atom is -0.327 e. The van der Waals surface area contributed by atoms with Gasteiger partial charge >= 0.3 is 6.03 Å². The Hall–Kier alpha value is -2.86. The molecular weight excluding hydrogens is 345 g/mol. The van der Waals surface area contributed by atoms with Gasteiger partial charge in [-0.05, 0) is 42.8 Å². The number of carbonyl (C=O) groups excluding carboxylic acids is 2. The number of urea groups is 1. The summed E-state index contributed by atoms with van der Waals surface area (Å²) in [5, 5.41) is 8.54. The highest BCUT2D eigenvalue weighted by Gasteiger charge is 2.31. The van der Waals surface area contributed by atoms with Crippen molar-refractivity contribution in [2.24, 2.45) is 0 Å². The van der Waals surface area contributed by atoms with E-state index in [1.54, 1.807) is 31.2 Å². The van der Waals surface area contributed by atoms with Gasteiger partial charge in [-0.3, -0.25) is 4.79 Å². The number of rotatable bonds is 3. The molecule has 2 aromatic carbocycles. The molecule has 1 atom stereocenters. The monoisotopic (exact) mass is 359 g/mol. The van der Waals surface area contributed by atoms with E-state index < -0.39 is 17.9 Å². The Kier molecular flexibility index (Phi) is 4.72. The molecule has 2 aromatic rings. The summed E-state index contributed by atoms with van der Waals surface area (Å²) >= 11 is 5.93. The lowest BCUT2D eigenvalue weighted by Gasteiger charge is -2.28. The van der Waals surface area contributed by atoms with E-state index in [0.29, 0.717) is 27.5 Å². The van der Waals surface area contributed by atoms with Crippen LogP contribution in [0.25, 0.3) is 0 Å². The van der Waals surface area contributed by atoms with E-state index in [1.807, 2.05) is 0 Å². The number of carbonyl (C=O) groups is 2. The van der Waals surface area contributed by atoms with Crippen molar-refractivity contribution in [2.45, 2.75) is 13.0 Å². The van der Waals surface area contributed by atoms with E-state index in [2.05, 4.69) is 16.0 Å². The van der Waals surface area contributed by atoms with E-state index in [1.165, 1.54) is 24.3 Å². The van der Waals surface area contributed by atoms with E-state index in [-0.39, 0.29) is 5.91 Å². The van der Waals surface area contributed by atoms with Gasteiger partial charge in [-0.25, -0.2) is 9.18 Å². The minimum atomic E-state index is -0.687. The highest BCUT2D eigenvalue weighted by atomic mass is 35.5. The number of halogens is 2. The molecule has 3 N–H and O–H groups in total. The molecule has 0 radical (unpaired) electrons. The van der Waals surface area contributed by atoms with Crippen LogP contribution in [-0.4, -0.2) is 11.9 Å². The normalized spacial score (nSPS) is 16.9. The van der Waals surface area contributed by atoms with Crippen LogP contribution in [0, 0.1) is 5.82 Å². The van der Waals surface area contributed by atoms with Gasteiger partial charge < -0.3 is 16.0 Å². The van der Waals surface area contributed by atoms with Gasteiger partial charge in [0.1, 0.15) is 5.82 Å². The summed E-state index contributed by atoms with van der Waals surface area (Å²) in [6.07, 6.45) is 0. The second kappa shape index (κ2) is 6.94. The van der Waals surface area contributed by atoms with Crippen molar-refractivity contribution in [2.75, 3.05) is 5.32 Å². The van der Waals surface area contributed by atoms with E-state index in [4.69, 9.17) is 11.6 Å². The maximum Gasteiger partial charge on any atom is 0.319 e. The van der Waals surface area contributed by atoms with Crippen LogP contribution in [0.3, 0.4) is 0 Å². The third-order valence-electron chi connectivity index (χ3n) is 3.80. The zero-order valence-electron chi connectivity index (χ0n) is 13.3. The van der Waals surface area contributed by atoms with Crippen LogP contribution in [0.1, 0.15) is 18.5 Å². The molecule has 0 aromatic heterocycles. The van der Waals surface area contributed by atoms with Gasteiger partial charge in [0.25, 0.3) is 5.91 Å². The standard InChI is InChI=1S/C18H15ClFN3O2/c1-10-15(17(24)22-14-4-2-3-12(19)9-14)16(23-18(25)21-10)11-5-7-13(20)8-6-11/h2-9,16H,1H3,(H,22,24)(H2,21,23,25)/t16-/m1/s1. The fraction of sp³-hybridized carbons (Fsp3) is 0.111. The number of nitrogens with one attached hydrogen (secondary N) is 3. The number of amides is 3. The molecule has 7 heteroatoms. The maximum absolute atomic E-state index is 13.2. The maximum atomic E-state index is 13.2. The van der Waals surface area contributed by atoms with Crippen molar-refractivity contribution in [1.29, 1.82) is 0 Å². The van der Waals surface area contributed by atoms with Crippen molar-refractivity contribution < 1.29 is 14.0 Å². The molecule has 0 spiro atoms. The lowest BCUT2D eigenvalue weighted by atomic mass is 9.95. The zero-order valence-corrected chi connectivity index (χ0v) is 14.0. The number of hydrogen-bond acceptors (Lipinski definition) is 2. The molecule has 0 aliphatic carbocycles. The second-order valence-electron chi connectivity index (χ2n) is 5.59. The molecule has 0 saturated carbocycles. The summed E-state index contributed by atoms with van der Waals surface area (Å²) in [6, 6.07) is 11.3. The Labute approximate surface area is 148 Å². The van der Waals surface area contributed by atoms with E-state index in [0.717, 1.165) is 0 Å². The molecule has 1 aliphatic rings. The fourth-order valence-electron chi connectivity index (χ4n) is 2.66. The molecule has 25 heavy (non-hydrogen) atoms. The summed E-state index contributed by atoms with van der Waals surface area (Å²) in [5.74, 6) is -0.781. The Morgan fingerprint density at radius 2 is 1.92 bits per heavy atom. The van der Waals surface area contributed by atoms with Gasteiger partial charge in [-0.15, -0.1) is 0 Å². The first-order valence-corrected chi connectivity index (χ1v) is 7.92. The Morgan fingerprint density at radius 1 is 1.20 bits per heavy atom. The van der Waals surface area contributed by atoms with Gasteiger partial charge in [0.2, 0.25) is 0 Å². The van der Waals surface area contributed by atoms with Crippen molar-refractivity contribution in [1.82, 2.24) is 10.6 Å². The number of hydrogen-bond donors (Lipinski definition) is 3. The van der Waals surface area contributed by atoms with Crippen LogP contribution >= 0.6 is 11.6 Å². The van der Waals surface area contributed by atoms with Crippen LogP contribution in [0.15, 0.2) is 59.8 Å². The first kappa shape index (κ1) is 17.0. The smallest absolute Gasteiger partial charge is 0.319 e. The summed E-state index contributed by atoms with van der Waals surface area (Å²) in [6.45, 7) is 1.64. The number of anilines is 1. The first-order valence-electron chi connectivity index (χ1n) is 7.54. The van der Waals surface area contributed by atoms with Crippen LogP contribution in [0.4, 0.5) is 14.9 Å². The van der Waals surface area contributed by atoms with Crippen LogP contribution in [0.2, 0.25) is 5.02 Å². The molecule has 3 rings (SSSR count). The van der Waals surface area contributed by atoms with Crippen LogP contribution < -0.4 is 16.0 Å². The molecule has 1 heterocycles. The number of benzene rings is 2. The van der Waals surface area contributed by atoms with Crippen molar-refractivity contribution in [3.05, 3.63) is 76.2 Å². The largest absolute Gasteiger partial charge is 0.327 e. The highest BCUT2D eigenvalue weighted by molar-refractivity contribution is 6.31. The average molecular weight is 360 g/mol. The number of allylic oxidation sites excluding steroid dienone is 1. The summed E-state index contributed by atoms with van der Waals surface area (Å²) in [5.41, 5.74) is 1.91. The summed E-state index contributed by atoms with van der Waals surface area (Å²) < 4.78 is 13.2. The van der Waals surface area contributed by atoms with Gasteiger partial charge in [0.15, 0.2) is 0 Å². The fourth-order valence-corrected chi connectivity index (χ4v) is 2.86. The highest BCUT2D eigenvalue weighted by Crippen LogP contribution is 2.28. The molecule has 0 fully saturated rings. The molecule has 0 saturated heterocycles. The van der Waals surface area contributed by atoms with Gasteiger partial charge in [0.05, 0.1) is 11.6 Å². The van der Waals surface area contributed by atoms with Crippen LogP contribution in [-0.2, 0) is 4.79 Å². The predicted octanol–water partition coefficient (Wildman–Crippen LogP) is 3.75. The lowest BCUT2D eigenvalue weighted by molar-refractivity contribution is -0.113. The molecule has 5 nitrogen and oxygen atoms in total. The molecule has 1 aliphatic heterocycles. The quantitative estimate of drug-likeness (QED) is 0.781. The van der Waals surface area contributed by atoms with Crippen molar-refractivity contribution >= 4 is 29.2 Å². The molecule has 128 valence electrons. The zero-order chi connectivity index (χ0) is 18.0. The molecule has 3 amide bonds. The topological polar surface area (TPSA) is 70.2 Å².